The maximum Gasteiger partial charge on any atom is 0.240 e. The van der Waals surface area contributed by atoms with Crippen molar-refractivity contribution in [1.29, 1.82) is 0 Å². The zero-order valence-corrected chi connectivity index (χ0v) is 12.5. The first kappa shape index (κ1) is 15.0. The number of carbonyl (C=O) groups is 2. The predicted molar refractivity (Wildman–Crippen MR) is 78.2 cm³/mol. The Hall–Kier alpha value is -1.39. The van der Waals surface area contributed by atoms with Gasteiger partial charge in [-0.1, -0.05) is 13.8 Å². The van der Waals surface area contributed by atoms with E-state index in [-0.39, 0.29) is 11.8 Å². The Kier molecular flexibility index (Phi) is 5.15. The van der Waals surface area contributed by atoms with Gasteiger partial charge in [-0.2, -0.15) is 5.10 Å². The third kappa shape index (κ3) is 4.32. The van der Waals surface area contributed by atoms with Crippen LogP contribution in [0.1, 0.15) is 52.4 Å². The van der Waals surface area contributed by atoms with Crippen LogP contribution in [0, 0.1) is 11.8 Å². The van der Waals surface area contributed by atoms with E-state index in [4.69, 9.17) is 0 Å². The lowest BCUT2D eigenvalue weighted by Gasteiger charge is -2.18. The molecule has 2 heterocycles. The summed E-state index contributed by atoms with van der Waals surface area (Å²) in [5, 5.41) is 4.01. The first-order valence-electron chi connectivity index (χ1n) is 7.66. The first-order chi connectivity index (χ1) is 9.54. The molecule has 1 fully saturated rings. The average Bonchev–Trinajstić information content (AvgIpc) is 2.85. The smallest absolute Gasteiger partial charge is 0.240 e. The number of nitrogens with zero attached hydrogens (tertiary/aromatic N) is 2. The molecule has 5 nitrogen and oxygen atoms in total. The standard InChI is InChI=1S/C15H25N3O2/c1-11(2)9-12-7-8-18(10-12)15(20)6-4-13-3-5-14(19)17-16-13/h11-12H,3-10H2,1-2H3,(H,17,19)/t12-/m0/s1. The Bertz CT molecular complexity index is 404. The van der Waals surface area contributed by atoms with Gasteiger partial charge in [-0.05, 0) is 37.5 Å². The van der Waals surface area contributed by atoms with Gasteiger partial charge in [0.25, 0.3) is 0 Å². The molecule has 0 aromatic rings. The second-order valence-corrected chi connectivity index (χ2v) is 6.34. The van der Waals surface area contributed by atoms with Crippen LogP contribution in [0.5, 0.6) is 0 Å². The monoisotopic (exact) mass is 279 g/mol. The van der Waals surface area contributed by atoms with Gasteiger partial charge in [0.2, 0.25) is 11.8 Å². The third-order valence-electron chi connectivity index (χ3n) is 4.05. The summed E-state index contributed by atoms with van der Waals surface area (Å²) in [6.45, 7) is 6.29. The van der Waals surface area contributed by atoms with Gasteiger partial charge in [0.1, 0.15) is 0 Å². The minimum atomic E-state index is -0.0313. The molecule has 0 aliphatic carbocycles. The van der Waals surface area contributed by atoms with Crippen LogP contribution < -0.4 is 5.43 Å². The summed E-state index contributed by atoms with van der Waals surface area (Å²) in [5.74, 6) is 1.58. The molecule has 2 aliphatic heterocycles. The molecule has 0 saturated carbocycles. The molecule has 0 aromatic carbocycles. The van der Waals surface area contributed by atoms with Crippen molar-refractivity contribution in [3.63, 3.8) is 0 Å². The van der Waals surface area contributed by atoms with Crippen LogP contribution in [0.25, 0.3) is 0 Å². The van der Waals surface area contributed by atoms with Crippen molar-refractivity contribution in [2.24, 2.45) is 16.9 Å². The molecule has 0 radical (unpaired) electrons. The molecule has 1 N–H and O–H groups in total. The molecule has 2 aliphatic rings. The van der Waals surface area contributed by atoms with Crippen molar-refractivity contribution >= 4 is 17.5 Å². The van der Waals surface area contributed by atoms with Crippen molar-refractivity contribution in [1.82, 2.24) is 10.3 Å². The molecule has 1 atom stereocenters. The van der Waals surface area contributed by atoms with Gasteiger partial charge >= 0.3 is 0 Å². The second-order valence-electron chi connectivity index (χ2n) is 6.34. The van der Waals surface area contributed by atoms with E-state index in [1.807, 2.05) is 4.90 Å². The van der Waals surface area contributed by atoms with Crippen molar-refractivity contribution < 1.29 is 9.59 Å². The van der Waals surface area contributed by atoms with Gasteiger partial charge in [-0.15, -0.1) is 0 Å². The second kappa shape index (κ2) is 6.86. The van der Waals surface area contributed by atoms with Gasteiger partial charge in [0, 0.05) is 31.6 Å². The summed E-state index contributed by atoms with van der Waals surface area (Å²) in [4.78, 5) is 25.1. The quantitative estimate of drug-likeness (QED) is 0.836. The van der Waals surface area contributed by atoms with Crippen molar-refractivity contribution in [3.05, 3.63) is 0 Å². The molecule has 0 unspecified atom stereocenters. The van der Waals surface area contributed by atoms with Gasteiger partial charge in [-0.25, -0.2) is 5.43 Å². The summed E-state index contributed by atoms with van der Waals surface area (Å²) in [6.07, 6.45) is 4.72. The van der Waals surface area contributed by atoms with Crippen LogP contribution in [-0.4, -0.2) is 35.5 Å². The molecule has 1 saturated heterocycles. The Balaban J connectivity index is 1.72. The lowest BCUT2D eigenvalue weighted by molar-refractivity contribution is -0.130. The first-order valence-corrected chi connectivity index (χ1v) is 7.66. The van der Waals surface area contributed by atoms with Gasteiger partial charge in [0.15, 0.2) is 0 Å². The Morgan fingerprint density at radius 3 is 2.90 bits per heavy atom. The van der Waals surface area contributed by atoms with E-state index in [1.165, 1.54) is 6.42 Å². The van der Waals surface area contributed by atoms with Crippen molar-refractivity contribution in [2.45, 2.75) is 52.4 Å². The molecule has 20 heavy (non-hydrogen) atoms. The minimum Gasteiger partial charge on any atom is -0.342 e. The molecule has 112 valence electrons. The van der Waals surface area contributed by atoms with E-state index in [9.17, 15) is 9.59 Å². The number of hydrogen-bond donors (Lipinski definition) is 1. The van der Waals surface area contributed by atoms with E-state index in [2.05, 4.69) is 24.4 Å². The normalized spacial score (nSPS) is 22.9. The molecule has 2 rings (SSSR count). The Labute approximate surface area is 120 Å². The number of rotatable bonds is 5. The number of amides is 2. The fourth-order valence-electron chi connectivity index (χ4n) is 3.02. The number of hydrogen-bond acceptors (Lipinski definition) is 3. The van der Waals surface area contributed by atoms with Gasteiger partial charge < -0.3 is 4.90 Å². The maximum atomic E-state index is 12.2. The van der Waals surface area contributed by atoms with Crippen LogP contribution in [-0.2, 0) is 9.59 Å². The highest BCUT2D eigenvalue weighted by atomic mass is 16.2. The van der Waals surface area contributed by atoms with E-state index >= 15 is 0 Å². The SMILES string of the molecule is CC(C)C[C@@H]1CCN(C(=O)CCC2=NNC(=O)CC2)C1. The number of likely N-dealkylation sites (tertiary alicyclic amines) is 1. The lowest BCUT2D eigenvalue weighted by Crippen LogP contribution is -2.30. The highest BCUT2D eigenvalue weighted by Crippen LogP contribution is 2.24. The van der Waals surface area contributed by atoms with E-state index in [0.717, 1.165) is 25.2 Å². The highest BCUT2D eigenvalue weighted by molar-refractivity contribution is 5.94. The van der Waals surface area contributed by atoms with Crippen LogP contribution in [0.15, 0.2) is 5.10 Å². The van der Waals surface area contributed by atoms with Crippen LogP contribution in [0.2, 0.25) is 0 Å². The van der Waals surface area contributed by atoms with Crippen LogP contribution >= 0.6 is 0 Å². The maximum absolute atomic E-state index is 12.2. The largest absolute Gasteiger partial charge is 0.342 e. The Morgan fingerprint density at radius 1 is 1.45 bits per heavy atom. The highest BCUT2D eigenvalue weighted by Gasteiger charge is 2.26. The molecule has 2 amide bonds. The van der Waals surface area contributed by atoms with E-state index in [0.29, 0.717) is 37.5 Å². The molecular weight excluding hydrogens is 254 g/mol. The van der Waals surface area contributed by atoms with Crippen molar-refractivity contribution in [3.8, 4) is 0 Å². The third-order valence-corrected chi connectivity index (χ3v) is 4.05. The van der Waals surface area contributed by atoms with Gasteiger partial charge in [-0.3, -0.25) is 9.59 Å². The summed E-state index contributed by atoms with van der Waals surface area (Å²) >= 11 is 0. The molecule has 5 heteroatoms. The van der Waals surface area contributed by atoms with Crippen molar-refractivity contribution in [2.75, 3.05) is 13.1 Å². The summed E-state index contributed by atoms with van der Waals surface area (Å²) in [6, 6.07) is 0. The lowest BCUT2D eigenvalue weighted by atomic mass is 9.97. The number of hydrazone groups is 1. The van der Waals surface area contributed by atoms with Crippen LogP contribution in [0.3, 0.4) is 0 Å². The minimum absolute atomic E-state index is 0.0313. The fraction of sp³-hybridized carbons (Fsp3) is 0.800. The van der Waals surface area contributed by atoms with Gasteiger partial charge in [0.05, 0.1) is 0 Å². The molecule has 0 aromatic heterocycles. The number of nitrogens with one attached hydrogen (secondary N) is 1. The predicted octanol–water partition coefficient (Wildman–Crippen LogP) is 1.93. The topological polar surface area (TPSA) is 61.8 Å². The molecule has 0 spiro atoms. The fourth-order valence-corrected chi connectivity index (χ4v) is 3.02. The zero-order chi connectivity index (χ0) is 14.5. The van der Waals surface area contributed by atoms with E-state index < -0.39 is 0 Å². The van der Waals surface area contributed by atoms with E-state index in [1.54, 1.807) is 0 Å². The molecule has 0 bridgehead atoms. The Morgan fingerprint density at radius 2 is 2.25 bits per heavy atom. The zero-order valence-electron chi connectivity index (χ0n) is 12.5. The number of carbonyl (C=O) groups excluding carboxylic acids is 2. The molecular formula is C15H25N3O2. The average molecular weight is 279 g/mol. The summed E-state index contributed by atoms with van der Waals surface area (Å²) < 4.78 is 0. The van der Waals surface area contributed by atoms with Crippen LogP contribution in [0.4, 0.5) is 0 Å². The summed E-state index contributed by atoms with van der Waals surface area (Å²) in [5.41, 5.74) is 3.42. The summed E-state index contributed by atoms with van der Waals surface area (Å²) in [7, 11) is 0.